The Morgan fingerprint density at radius 2 is 2.22 bits per heavy atom. The van der Waals surface area contributed by atoms with Gasteiger partial charge in [-0.3, -0.25) is 9.36 Å². The van der Waals surface area contributed by atoms with E-state index in [4.69, 9.17) is 9.15 Å². The maximum atomic E-state index is 12.8. The van der Waals surface area contributed by atoms with Gasteiger partial charge in [0, 0.05) is 5.92 Å². The first kappa shape index (κ1) is 15.7. The standard InChI is InChI=1S/C16H22N4O3/c1-10(2)14-19-18-13-8-22-9-16(4,20(13)14)15(21)17-7-12-6-5-11(3)23-12/h5-6,10H,7-9H2,1-4H3,(H,17,21). The molecule has 0 radical (unpaired) electrons. The number of aryl methyl sites for hydroxylation is 1. The molecule has 23 heavy (non-hydrogen) atoms. The molecule has 1 aliphatic heterocycles. The van der Waals surface area contributed by atoms with Gasteiger partial charge in [-0.15, -0.1) is 10.2 Å². The molecule has 0 saturated carbocycles. The highest BCUT2D eigenvalue weighted by Gasteiger charge is 2.42. The first-order valence-corrected chi connectivity index (χ1v) is 7.78. The summed E-state index contributed by atoms with van der Waals surface area (Å²) in [5, 5.41) is 11.3. The topological polar surface area (TPSA) is 82.2 Å². The second kappa shape index (κ2) is 5.81. The summed E-state index contributed by atoms with van der Waals surface area (Å²) in [6, 6.07) is 3.74. The van der Waals surface area contributed by atoms with Crippen LogP contribution in [0, 0.1) is 6.92 Å². The molecule has 3 heterocycles. The average Bonchev–Trinajstić information content (AvgIpc) is 3.12. The van der Waals surface area contributed by atoms with Gasteiger partial charge in [0.2, 0.25) is 5.91 Å². The normalized spacial score (nSPS) is 20.6. The average molecular weight is 318 g/mol. The van der Waals surface area contributed by atoms with Crippen molar-refractivity contribution in [2.45, 2.75) is 52.3 Å². The Morgan fingerprint density at radius 1 is 1.43 bits per heavy atom. The monoisotopic (exact) mass is 318 g/mol. The van der Waals surface area contributed by atoms with Gasteiger partial charge in [0.1, 0.15) is 29.5 Å². The Bertz CT molecular complexity index is 719. The van der Waals surface area contributed by atoms with E-state index in [1.54, 1.807) is 0 Å². The van der Waals surface area contributed by atoms with Gasteiger partial charge in [0.25, 0.3) is 0 Å². The molecule has 1 unspecified atom stereocenters. The minimum atomic E-state index is -0.863. The van der Waals surface area contributed by atoms with E-state index in [1.807, 2.05) is 44.4 Å². The molecular weight excluding hydrogens is 296 g/mol. The van der Waals surface area contributed by atoms with E-state index in [0.717, 1.165) is 17.3 Å². The molecule has 0 fully saturated rings. The van der Waals surface area contributed by atoms with Crippen LogP contribution < -0.4 is 5.32 Å². The van der Waals surface area contributed by atoms with Crippen molar-refractivity contribution in [1.82, 2.24) is 20.1 Å². The van der Waals surface area contributed by atoms with Crippen LogP contribution in [0.1, 0.15) is 49.9 Å². The summed E-state index contributed by atoms with van der Waals surface area (Å²) in [5.41, 5.74) is -0.863. The predicted molar refractivity (Wildman–Crippen MR) is 82.7 cm³/mol. The third-order valence-corrected chi connectivity index (χ3v) is 4.09. The lowest BCUT2D eigenvalue weighted by molar-refractivity contribution is -0.135. The maximum absolute atomic E-state index is 12.8. The zero-order valence-corrected chi connectivity index (χ0v) is 13.9. The number of rotatable bonds is 4. The molecule has 3 rings (SSSR count). The van der Waals surface area contributed by atoms with Crippen molar-refractivity contribution in [2.24, 2.45) is 0 Å². The SMILES string of the molecule is Cc1ccc(CNC(=O)C2(C)COCc3nnc(C(C)C)n32)o1. The Morgan fingerprint density at radius 3 is 2.87 bits per heavy atom. The summed E-state index contributed by atoms with van der Waals surface area (Å²) in [7, 11) is 0. The van der Waals surface area contributed by atoms with Crippen LogP contribution in [0.15, 0.2) is 16.5 Å². The third-order valence-electron chi connectivity index (χ3n) is 4.09. The second-order valence-electron chi connectivity index (χ2n) is 6.43. The summed E-state index contributed by atoms with van der Waals surface area (Å²) >= 11 is 0. The number of nitrogens with zero attached hydrogens (tertiary/aromatic N) is 3. The smallest absolute Gasteiger partial charge is 0.248 e. The van der Waals surface area contributed by atoms with Crippen LogP contribution in [0.3, 0.4) is 0 Å². The van der Waals surface area contributed by atoms with E-state index in [9.17, 15) is 4.79 Å². The molecule has 0 spiro atoms. The fourth-order valence-corrected chi connectivity index (χ4v) is 2.85. The molecule has 2 aromatic rings. The number of aromatic nitrogens is 3. The summed E-state index contributed by atoms with van der Waals surface area (Å²) in [4.78, 5) is 12.8. The summed E-state index contributed by atoms with van der Waals surface area (Å²) in [6.45, 7) is 8.82. The van der Waals surface area contributed by atoms with Crippen LogP contribution in [-0.4, -0.2) is 27.3 Å². The van der Waals surface area contributed by atoms with Gasteiger partial charge in [-0.25, -0.2) is 0 Å². The minimum Gasteiger partial charge on any atom is -0.465 e. The molecule has 0 bridgehead atoms. The molecule has 1 N–H and O–H groups in total. The molecule has 0 aliphatic carbocycles. The van der Waals surface area contributed by atoms with E-state index in [0.29, 0.717) is 25.6 Å². The molecule has 7 nitrogen and oxygen atoms in total. The first-order chi connectivity index (χ1) is 10.9. The van der Waals surface area contributed by atoms with Gasteiger partial charge in [-0.05, 0) is 26.0 Å². The highest BCUT2D eigenvalue weighted by atomic mass is 16.5. The Balaban J connectivity index is 1.84. The first-order valence-electron chi connectivity index (χ1n) is 7.78. The number of fused-ring (bicyclic) bond motifs is 1. The zero-order valence-electron chi connectivity index (χ0n) is 13.9. The fraction of sp³-hybridized carbons (Fsp3) is 0.562. The van der Waals surface area contributed by atoms with Gasteiger partial charge in [-0.1, -0.05) is 13.8 Å². The molecule has 1 amide bonds. The van der Waals surface area contributed by atoms with Crippen LogP contribution in [0.4, 0.5) is 0 Å². The van der Waals surface area contributed by atoms with Crippen LogP contribution >= 0.6 is 0 Å². The number of furan rings is 1. The van der Waals surface area contributed by atoms with Gasteiger partial charge >= 0.3 is 0 Å². The minimum absolute atomic E-state index is 0.130. The molecular formula is C16H22N4O3. The van der Waals surface area contributed by atoms with Crippen molar-refractivity contribution in [3.05, 3.63) is 35.3 Å². The number of hydrogen-bond donors (Lipinski definition) is 1. The zero-order chi connectivity index (χ0) is 16.6. The molecule has 7 heteroatoms. The Hall–Kier alpha value is -2.15. The van der Waals surface area contributed by atoms with Crippen molar-refractivity contribution >= 4 is 5.91 Å². The van der Waals surface area contributed by atoms with E-state index >= 15 is 0 Å². The van der Waals surface area contributed by atoms with Crippen molar-refractivity contribution in [1.29, 1.82) is 0 Å². The third kappa shape index (κ3) is 2.76. The van der Waals surface area contributed by atoms with Crippen molar-refractivity contribution in [3.8, 4) is 0 Å². The second-order valence-corrected chi connectivity index (χ2v) is 6.43. The number of carbonyl (C=O) groups is 1. The van der Waals surface area contributed by atoms with Crippen molar-refractivity contribution in [2.75, 3.05) is 6.61 Å². The van der Waals surface area contributed by atoms with Gasteiger partial charge in [0.15, 0.2) is 5.82 Å². The number of ether oxygens (including phenoxy) is 1. The van der Waals surface area contributed by atoms with Crippen LogP contribution in [-0.2, 0) is 28.2 Å². The van der Waals surface area contributed by atoms with E-state index in [1.165, 1.54) is 0 Å². The molecule has 1 aliphatic rings. The molecule has 124 valence electrons. The van der Waals surface area contributed by atoms with Crippen molar-refractivity contribution < 1.29 is 13.9 Å². The summed E-state index contributed by atoms with van der Waals surface area (Å²) < 4.78 is 13.0. The highest BCUT2D eigenvalue weighted by Crippen LogP contribution is 2.29. The van der Waals surface area contributed by atoms with Crippen molar-refractivity contribution in [3.63, 3.8) is 0 Å². The number of nitrogens with one attached hydrogen (secondary N) is 1. The Kier molecular flexibility index (Phi) is 3.97. The molecule has 2 aromatic heterocycles. The summed E-state index contributed by atoms with van der Waals surface area (Å²) in [5.74, 6) is 3.08. The van der Waals surface area contributed by atoms with E-state index in [-0.39, 0.29) is 11.8 Å². The fourth-order valence-electron chi connectivity index (χ4n) is 2.85. The van der Waals surface area contributed by atoms with Gasteiger partial charge in [0.05, 0.1) is 13.2 Å². The lowest BCUT2D eigenvalue weighted by Crippen LogP contribution is -2.53. The van der Waals surface area contributed by atoms with Gasteiger partial charge < -0.3 is 14.5 Å². The lowest BCUT2D eigenvalue weighted by atomic mass is 9.99. The number of hydrogen-bond acceptors (Lipinski definition) is 5. The lowest BCUT2D eigenvalue weighted by Gasteiger charge is -2.35. The van der Waals surface area contributed by atoms with Crippen LogP contribution in [0.5, 0.6) is 0 Å². The van der Waals surface area contributed by atoms with E-state index in [2.05, 4.69) is 15.5 Å². The quantitative estimate of drug-likeness (QED) is 0.930. The van der Waals surface area contributed by atoms with Gasteiger partial charge in [-0.2, -0.15) is 0 Å². The number of amides is 1. The highest BCUT2D eigenvalue weighted by molar-refractivity contribution is 5.84. The maximum Gasteiger partial charge on any atom is 0.248 e. The predicted octanol–water partition coefficient (Wildman–Crippen LogP) is 1.86. The van der Waals surface area contributed by atoms with Crippen LogP contribution in [0.2, 0.25) is 0 Å². The summed E-state index contributed by atoms with van der Waals surface area (Å²) in [6.07, 6.45) is 0. The van der Waals surface area contributed by atoms with E-state index < -0.39 is 5.54 Å². The Labute approximate surface area is 135 Å². The molecule has 0 aromatic carbocycles. The largest absolute Gasteiger partial charge is 0.465 e. The molecule has 0 saturated heterocycles. The molecule has 1 atom stereocenters. The van der Waals surface area contributed by atoms with Crippen LogP contribution in [0.25, 0.3) is 0 Å². The number of carbonyl (C=O) groups excluding carboxylic acids is 1.